The fourth-order valence-electron chi connectivity index (χ4n) is 2.84. The lowest BCUT2D eigenvalue weighted by Gasteiger charge is -2.14. The lowest BCUT2D eigenvalue weighted by atomic mass is 10.2. The summed E-state index contributed by atoms with van der Waals surface area (Å²) >= 11 is 5.97. The van der Waals surface area contributed by atoms with Gasteiger partial charge in [-0.05, 0) is 106 Å². The summed E-state index contributed by atoms with van der Waals surface area (Å²) in [7, 11) is 1.67. The molecule has 0 aromatic heterocycles. The van der Waals surface area contributed by atoms with Crippen molar-refractivity contribution in [2.24, 2.45) is 4.99 Å². The van der Waals surface area contributed by atoms with Crippen molar-refractivity contribution in [1.29, 1.82) is 0 Å². The Morgan fingerprint density at radius 1 is 1.17 bits per heavy atom. The molecular formula is C22H22I2N2O2S. The van der Waals surface area contributed by atoms with Gasteiger partial charge in [0.05, 0.1) is 24.8 Å². The molecule has 2 aromatic rings. The highest BCUT2D eigenvalue weighted by molar-refractivity contribution is 14.1. The molecule has 4 nitrogen and oxygen atoms in total. The smallest absolute Gasteiger partial charge is 0.266 e. The molecule has 0 bridgehead atoms. The second kappa shape index (κ2) is 10.3. The summed E-state index contributed by atoms with van der Waals surface area (Å²) < 4.78 is 7.49. The summed E-state index contributed by atoms with van der Waals surface area (Å²) in [5, 5.41) is 0.747. The molecule has 0 unspecified atom stereocenters. The van der Waals surface area contributed by atoms with Gasteiger partial charge in [0.2, 0.25) is 0 Å². The number of methoxy groups -OCH3 is 1. The molecule has 29 heavy (non-hydrogen) atoms. The Kier molecular flexibility index (Phi) is 8.03. The minimum absolute atomic E-state index is 0.0233. The molecule has 0 atom stereocenters. The van der Waals surface area contributed by atoms with Crippen molar-refractivity contribution in [2.45, 2.75) is 26.7 Å². The van der Waals surface area contributed by atoms with E-state index in [2.05, 4.69) is 59.0 Å². The second-order valence-corrected chi connectivity index (χ2v) is 10.0. The zero-order valence-electron chi connectivity index (χ0n) is 16.5. The van der Waals surface area contributed by atoms with Crippen molar-refractivity contribution in [3.63, 3.8) is 0 Å². The van der Waals surface area contributed by atoms with Gasteiger partial charge in [-0.2, -0.15) is 0 Å². The molecule has 7 heteroatoms. The number of hydrogen-bond acceptors (Lipinski definition) is 4. The van der Waals surface area contributed by atoms with Crippen LogP contribution in [0.2, 0.25) is 0 Å². The highest BCUT2D eigenvalue weighted by Crippen LogP contribution is 2.36. The van der Waals surface area contributed by atoms with Crippen LogP contribution >= 0.6 is 56.9 Å². The van der Waals surface area contributed by atoms with Crippen molar-refractivity contribution in [3.05, 3.63) is 59.6 Å². The monoisotopic (exact) mass is 632 g/mol. The van der Waals surface area contributed by atoms with E-state index < -0.39 is 0 Å². The zero-order valence-corrected chi connectivity index (χ0v) is 21.7. The van der Waals surface area contributed by atoms with Crippen LogP contribution in [0.5, 0.6) is 5.75 Å². The molecule has 0 spiro atoms. The number of amides is 1. The predicted octanol–water partition coefficient (Wildman–Crippen LogP) is 6.62. The molecule has 1 amide bonds. The highest BCUT2D eigenvalue weighted by Gasteiger charge is 2.33. The average molecular weight is 632 g/mol. The number of hydrogen-bond donors (Lipinski definition) is 0. The minimum atomic E-state index is 0.0233. The van der Waals surface area contributed by atoms with Gasteiger partial charge in [-0.25, -0.2) is 4.99 Å². The quantitative estimate of drug-likeness (QED) is 0.266. The molecule has 1 heterocycles. The highest BCUT2D eigenvalue weighted by atomic mass is 127. The van der Waals surface area contributed by atoms with E-state index in [4.69, 9.17) is 9.73 Å². The van der Waals surface area contributed by atoms with Crippen molar-refractivity contribution >= 4 is 79.8 Å². The number of carbonyl (C=O) groups excluding carboxylic acids is 1. The Morgan fingerprint density at radius 3 is 2.41 bits per heavy atom. The van der Waals surface area contributed by atoms with Crippen LogP contribution in [0.1, 0.15) is 30.9 Å². The van der Waals surface area contributed by atoms with Gasteiger partial charge < -0.3 is 4.74 Å². The molecule has 0 N–H and O–H groups in total. The number of unbranched alkanes of at least 4 members (excludes halogenated alkanes) is 1. The number of halogens is 2. The van der Waals surface area contributed by atoms with Gasteiger partial charge in [0.15, 0.2) is 5.17 Å². The third kappa shape index (κ3) is 5.55. The number of amidine groups is 1. The number of carbonyl (C=O) groups is 1. The van der Waals surface area contributed by atoms with Gasteiger partial charge in [0.25, 0.3) is 5.91 Å². The van der Waals surface area contributed by atoms with Crippen LogP contribution < -0.4 is 4.74 Å². The van der Waals surface area contributed by atoms with E-state index >= 15 is 0 Å². The van der Waals surface area contributed by atoms with Crippen LogP contribution in [0, 0.1) is 14.1 Å². The molecule has 152 valence electrons. The Bertz CT molecular complexity index is 948. The first kappa shape index (κ1) is 22.6. The Morgan fingerprint density at radius 2 is 1.83 bits per heavy atom. The molecule has 1 aliphatic heterocycles. The number of nitrogens with zero attached hydrogens (tertiary/aromatic N) is 2. The maximum absolute atomic E-state index is 13.1. The summed E-state index contributed by atoms with van der Waals surface area (Å²) in [6, 6.07) is 12.1. The van der Waals surface area contributed by atoms with Crippen molar-refractivity contribution in [3.8, 4) is 5.75 Å². The van der Waals surface area contributed by atoms with E-state index in [-0.39, 0.29) is 5.91 Å². The fourth-order valence-corrected chi connectivity index (χ4v) is 6.13. The van der Waals surface area contributed by atoms with Gasteiger partial charge in [0, 0.05) is 6.54 Å². The standard InChI is InChI=1S/C22H22I2N2O2S/c1-4-5-10-26-21(27)19(13-15-11-17(23)20(28-3)18(24)12-15)29-22(26)25-16-8-6-14(2)7-9-16/h6-9,11-13H,4-5,10H2,1-3H3/b19-13+,25-22?. The molecule has 1 saturated heterocycles. The molecule has 1 aliphatic rings. The summed E-state index contributed by atoms with van der Waals surface area (Å²) in [6.07, 6.45) is 3.93. The summed E-state index contributed by atoms with van der Waals surface area (Å²) in [5.41, 5.74) is 3.04. The van der Waals surface area contributed by atoms with E-state index in [0.29, 0.717) is 11.4 Å². The molecular weight excluding hydrogens is 610 g/mol. The van der Waals surface area contributed by atoms with Crippen LogP contribution in [0.3, 0.4) is 0 Å². The first-order chi connectivity index (χ1) is 13.9. The average Bonchev–Trinajstić information content (AvgIpc) is 2.96. The molecule has 0 radical (unpaired) electrons. The second-order valence-electron chi connectivity index (χ2n) is 6.67. The van der Waals surface area contributed by atoms with Gasteiger partial charge in [-0.1, -0.05) is 31.0 Å². The van der Waals surface area contributed by atoms with Crippen molar-refractivity contribution < 1.29 is 9.53 Å². The SMILES string of the molecule is CCCCN1C(=O)/C(=C\c2cc(I)c(OC)c(I)c2)SC1=Nc1ccc(C)cc1. The van der Waals surface area contributed by atoms with Gasteiger partial charge in [0.1, 0.15) is 5.75 Å². The normalized spacial score (nSPS) is 16.9. The lowest BCUT2D eigenvalue weighted by molar-refractivity contribution is -0.122. The topological polar surface area (TPSA) is 41.9 Å². The van der Waals surface area contributed by atoms with Crippen LogP contribution in [-0.4, -0.2) is 29.6 Å². The van der Waals surface area contributed by atoms with E-state index in [9.17, 15) is 4.79 Å². The summed E-state index contributed by atoms with van der Waals surface area (Å²) in [5.74, 6) is 0.889. The maximum Gasteiger partial charge on any atom is 0.266 e. The third-order valence-electron chi connectivity index (χ3n) is 4.40. The van der Waals surface area contributed by atoms with Crippen LogP contribution in [-0.2, 0) is 4.79 Å². The van der Waals surface area contributed by atoms with E-state index in [1.807, 2.05) is 42.5 Å². The number of thioether (sulfide) groups is 1. The number of aryl methyl sites for hydroxylation is 1. The van der Waals surface area contributed by atoms with Crippen LogP contribution in [0.4, 0.5) is 5.69 Å². The first-order valence-corrected chi connectivity index (χ1v) is 12.3. The van der Waals surface area contributed by atoms with Gasteiger partial charge in [-0.15, -0.1) is 0 Å². The van der Waals surface area contributed by atoms with E-state index in [0.717, 1.165) is 42.2 Å². The number of benzene rings is 2. The first-order valence-electron chi connectivity index (χ1n) is 9.32. The lowest BCUT2D eigenvalue weighted by Crippen LogP contribution is -2.30. The van der Waals surface area contributed by atoms with Gasteiger partial charge >= 0.3 is 0 Å². The summed E-state index contributed by atoms with van der Waals surface area (Å²) in [4.78, 5) is 20.4. The van der Waals surface area contributed by atoms with Crippen LogP contribution in [0.25, 0.3) is 6.08 Å². The Hall–Kier alpha value is -1.07. The molecule has 1 fully saturated rings. The van der Waals surface area contributed by atoms with Crippen molar-refractivity contribution in [1.82, 2.24) is 4.90 Å². The predicted molar refractivity (Wildman–Crippen MR) is 139 cm³/mol. The molecule has 0 aliphatic carbocycles. The molecule has 0 saturated carbocycles. The molecule has 3 rings (SSSR count). The Balaban J connectivity index is 1.95. The number of rotatable bonds is 6. The maximum atomic E-state index is 13.1. The van der Waals surface area contributed by atoms with Crippen LogP contribution in [0.15, 0.2) is 46.3 Å². The molecule has 2 aromatic carbocycles. The number of aliphatic imine (C=N–C) groups is 1. The van der Waals surface area contributed by atoms with E-state index in [1.165, 1.54) is 17.3 Å². The largest absolute Gasteiger partial charge is 0.495 e. The van der Waals surface area contributed by atoms with E-state index in [1.54, 1.807) is 12.0 Å². The zero-order chi connectivity index (χ0) is 21.0. The number of ether oxygens (including phenoxy) is 1. The van der Waals surface area contributed by atoms with Gasteiger partial charge in [-0.3, -0.25) is 9.69 Å². The minimum Gasteiger partial charge on any atom is -0.495 e. The fraction of sp³-hybridized carbons (Fsp3) is 0.273. The third-order valence-corrected chi connectivity index (χ3v) is 7.01. The van der Waals surface area contributed by atoms with Crippen molar-refractivity contribution in [2.75, 3.05) is 13.7 Å². The summed E-state index contributed by atoms with van der Waals surface area (Å²) in [6.45, 7) is 4.86. The Labute approximate surface area is 203 Å².